The fourth-order valence-electron chi connectivity index (χ4n) is 0.556. The van der Waals surface area contributed by atoms with E-state index in [1.807, 2.05) is 20.8 Å². The van der Waals surface area contributed by atoms with Crippen LogP contribution in [0.4, 0.5) is 8.78 Å². The fourth-order valence-corrected chi connectivity index (χ4v) is 0.556. The molecular weight excluding hydrogens is 136 g/mol. The second-order valence-corrected chi connectivity index (χ2v) is 3.58. The molecule has 0 aliphatic heterocycles. The lowest BCUT2D eigenvalue weighted by atomic mass is 9.97. The Hall–Kier alpha value is -0.180. The van der Waals surface area contributed by atoms with E-state index in [2.05, 4.69) is 5.32 Å². The van der Waals surface area contributed by atoms with Crippen molar-refractivity contribution in [1.82, 2.24) is 5.32 Å². The largest absolute Gasteiger partial charge is 0.311 e. The Labute approximate surface area is 60.8 Å². The van der Waals surface area contributed by atoms with Crippen molar-refractivity contribution in [1.29, 1.82) is 0 Å². The van der Waals surface area contributed by atoms with Crippen molar-refractivity contribution in [3.8, 4) is 0 Å². The summed E-state index contributed by atoms with van der Waals surface area (Å²) in [7, 11) is 0. The van der Waals surface area contributed by atoms with Crippen LogP contribution in [-0.2, 0) is 0 Å². The molecule has 0 fully saturated rings. The van der Waals surface area contributed by atoms with Gasteiger partial charge in [-0.05, 0) is 5.41 Å². The first kappa shape index (κ1) is 9.82. The van der Waals surface area contributed by atoms with Gasteiger partial charge >= 0.3 is 0 Å². The summed E-state index contributed by atoms with van der Waals surface area (Å²) in [4.78, 5) is 0. The summed E-state index contributed by atoms with van der Waals surface area (Å²) in [5.41, 5.74) is 0.0922. The highest BCUT2D eigenvalue weighted by molar-refractivity contribution is 4.64. The van der Waals surface area contributed by atoms with Crippen molar-refractivity contribution in [3.63, 3.8) is 0 Å². The van der Waals surface area contributed by atoms with Gasteiger partial charge in [-0.3, -0.25) is 0 Å². The minimum Gasteiger partial charge on any atom is -0.311 e. The van der Waals surface area contributed by atoms with Crippen LogP contribution in [0.1, 0.15) is 20.8 Å². The molecule has 62 valence electrons. The van der Waals surface area contributed by atoms with E-state index in [0.717, 1.165) is 0 Å². The van der Waals surface area contributed by atoms with Crippen molar-refractivity contribution < 1.29 is 8.78 Å². The van der Waals surface area contributed by atoms with Crippen molar-refractivity contribution in [3.05, 3.63) is 0 Å². The van der Waals surface area contributed by atoms with Gasteiger partial charge in [0.25, 0.3) is 6.43 Å². The summed E-state index contributed by atoms with van der Waals surface area (Å²) in [6.45, 7) is 6.46. The van der Waals surface area contributed by atoms with Crippen molar-refractivity contribution in [2.24, 2.45) is 5.41 Å². The third kappa shape index (κ3) is 7.82. The molecule has 0 aliphatic carbocycles. The molecule has 3 heteroatoms. The van der Waals surface area contributed by atoms with Gasteiger partial charge in [0.2, 0.25) is 0 Å². The first-order chi connectivity index (χ1) is 4.42. The lowest BCUT2D eigenvalue weighted by Crippen LogP contribution is -2.30. The third-order valence-electron chi connectivity index (χ3n) is 0.954. The van der Waals surface area contributed by atoms with Crippen LogP contribution in [0.5, 0.6) is 0 Å². The molecule has 0 unspecified atom stereocenters. The van der Waals surface area contributed by atoms with E-state index in [-0.39, 0.29) is 12.0 Å². The maximum atomic E-state index is 11.5. The standard InChI is InChI=1S/C7H15F2N/c1-7(2,3)5-10-4-6(8)9/h6,10H,4-5H2,1-3H3. The summed E-state index contributed by atoms with van der Waals surface area (Å²) in [6.07, 6.45) is -2.23. The molecule has 1 nitrogen and oxygen atoms in total. The molecule has 0 saturated carbocycles. The molecule has 1 N–H and O–H groups in total. The Bertz CT molecular complexity index is 86.1. The number of hydrogen-bond acceptors (Lipinski definition) is 1. The first-order valence-electron chi connectivity index (χ1n) is 3.41. The van der Waals surface area contributed by atoms with Gasteiger partial charge in [0, 0.05) is 6.54 Å². The molecule has 0 aromatic heterocycles. The second-order valence-electron chi connectivity index (χ2n) is 3.58. The van der Waals surface area contributed by atoms with Crippen LogP contribution < -0.4 is 5.32 Å². The zero-order chi connectivity index (χ0) is 8.20. The van der Waals surface area contributed by atoms with Crippen LogP contribution in [0, 0.1) is 5.41 Å². The third-order valence-corrected chi connectivity index (χ3v) is 0.954. The maximum Gasteiger partial charge on any atom is 0.250 e. The van der Waals surface area contributed by atoms with E-state index in [1.54, 1.807) is 0 Å². The molecule has 0 saturated heterocycles. The molecule has 0 heterocycles. The van der Waals surface area contributed by atoms with E-state index in [4.69, 9.17) is 0 Å². The van der Waals surface area contributed by atoms with Gasteiger partial charge in [-0.25, -0.2) is 8.78 Å². The zero-order valence-corrected chi connectivity index (χ0v) is 6.75. The first-order valence-corrected chi connectivity index (χ1v) is 3.41. The van der Waals surface area contributed by atoms with E-state index in [0.29, 0.717) is 6.54 Å². The van der Waals surface area contributed by atoms with Crippen molar-refractivity contribution in [2.75, 3.05) is 13.1 Å². The SMILES string of the molecule is CC(C)(C)CNCC(F)F. The Morgan fingerprint density at radius 1 is 1.30 bits per heavy atom. The van der Waals surface area contributed by atoms with E-state index in [9.17, 15) is 8.78 Å². The van der Waals surface area contributed by atoms with Crippen LogP contribution in [-0.4, -0.2) is 19.5 Å². The normalized spacial score (nSPS) is 12.6. The summed E-state index contributed by atoms with van der Waals surface area (Å²) in [6, 6.07) is 0. The van der Waals surface area contributed by atoms with E-state index in [1.165, 1.54) is 0 Å². The fraction of sp³-hybridized carbons (Fsp3) is 1.00. The van der Waals surface area contributed by atoms with Gasteiger partial charge in [0.15, 0.2) is 0 Å². The van der Waals surface area contributed by atoms with Gasteiger partial charge in [-0.15, -0.1) is 0 Å². The summed E-state index contributed by atoms with van der Waals surface area (Å²) in [5.74, 6) is 0. The maximum absolute atomic E-state index is 11.5. The van der Waals surface area contributed by atoms with Crippen molar-refractivity contribution >= 4 is 0 Å². The van der Waals surface area contributed by atoms with Gasteiger partial charge < -0.3 is 5.32 Å². The topological polar surface area (TPSA) is 12.0 Å². The zero-order valence-electron chi connectivity index (χ0n) is 6.75. The Balaban J connectivity index is 3.21. The highest BCUT2D eigenvalue weighted by Gasteiger charge is 2.10. The number of alkyl halides is 2. The van der Waals surface area contributed by atoms with Gasteiger partial charge in [-0.1, -0.05) is 20.8 Å². The molecule has 0 rings (SSSR count). The van der Waals surface area contributed by atoms with Crippen LogP contribution in [0.2, 0.25) is 0 Å². The smallest absolute Gasteiger partial charge is 0.250 e. The number of halogens is 2. The van der Waals surface area contributed by atoms with Crippen LogP contribution >= 0.6 is 0 Å². The molecule has 0 aliphatic rings. The van der Waals surface area contributed by atoms with Crippen LogP contribution in [0.25, 0.3) is 0 Å². The average Bonchev–Trinajstić information content (AvgIpc) is 1.59. The van der Waals surface area contributed by atoms with E-state index < -0.39 is 6.43 Å². The molecule has 0 atom stereocenters. The molecule has 10 heavy (non-hydrogen) atoms. The molecule has 0 radical (unpaired) electrons. The predicted molar refractivity (Wildman–Crippen MR) is 38.3 cm³/mol. The minimum atomic E-state index is -2.23. The molecule has 0 aromatic rings. The summed E-state index contributed by atoms with van der Waals surface area (Å²) in [5, 5.41) is 2.67. The highest BCUT2D eigenvalue weighted by Crippen LogP contribution is 2.10. The molecule has 0 aromatic carbocycles. The summed E-state index contributed by atoms with van der Waals surface area (Å²) >= 11 is 0. The molecule has 0 amide bonds. The number of rotatable bonds is 3. The summed E-state index contributed by atoms with van der Waals surface area (Å²) < 4.78 is 23.1. The van der Waals surface area contributed by atoms with E-state index >= 15 is 0 Å². The Kier molecular flexibility index (Phi) is 3.79. The molecule has 0 spiro atoms. The van der Waals surface area contributed by atoms with Crippen LogP contribution in [0.15, 0.2) is 0 Å². The Morgan fingerprint density at radius 2 is 1.80 bits per heavy atom. The minimum absolute atomic E-state index is 0.0922. The van der Waals surface area contributed by atoms with Crippen molar-refractivity contribution in [2.45, 2.75) is 27.2 Å². The average molecular weight is 151 g/mol. The molecular formula is C7H15F2N. The van der Waals surface area contributed by atoms with Gasteiger partial charge in [0.05, 0.1) is 6.54 Å². The van der Waals surface area contributed by atoms with Gasteiger partial charge in [-0.2, -0.15) is 0 Å². The quantitative estimate of drug-likeness (QED) is 0.649. The van der Waals surface area contributed by atoms with Gasteiger partial charge in [0.1, 0.15) is 0 Å². The van der Waals surface area contributed by atoms with Crippen LogP contribution in [0.3, 0.4) is 0 Å². The highest BCUT2D eigenvalue weighted by atomic mass is 19.3. The number of nitrogens with one attached hydrogen (secondary N) is 1. The lowest BCUT2D eigenvalue weighted by Gasteiger charge is -2.18. The predicted octanol–water partition coefficient (Wildman–Crippen LogP) is 1.89. The molecule has 0 bridgehead atoms. The Morgan fingerprint density at radius 3 is 2.10 bits per heavy atom. The number of hydrogen-bond donors (Lipinski definition) is 1. The second kappa shape index (κ2) is 3.86. The lowest BCUT2D eigenvalue weighted by molar-refractivity contribution is 0.142. The monoisotopic (exact) mass is 151 g/mol.